The summed E-state index contributed by atoms with van der Waals surface area (Å²) in [5.41, 5.74) is 4.22. The molecule has 0 aliphatic carbocycles. The third-order valence-corrected chi connectivity index (χ3v) is 4.45. The van der Waals surface area contributed by atoms with Crippen molar-refractivity contribution in [2.75, 3.05) is 5.32 Å². The minimum absolute atomic E-state index is 0.960. The largest absolute Gasteiger partial charge is 0.339 e. The van der Waals surface area contributed by atoms with Crippen LogP contribution in [0.2, 0.25) is 0 Å². The summed E-state index contributed by atoms with van der Waals surface area (Å²) in [6, 6.07) is 18.6. The molecule has 0 aliphatic rings. The van der Waals surface area contributed by atoms with Crippen molar-refractivity contribution in [2.24, 2.45) is 0 Å². The van der Waals surface area contributed by atoms with E-state index in [4.69, 9.17) is 4.98 Å². The number of nitrogens with zero attached hydrogens (tertiary/aromatic N) is 2. The molecule has 1 aromatic carbocycles. The quantitative estimate of drug-likeness (QED) is 0.569. The number of hydrogen-bond donors (Lipinski definition) is 1. The first-order valence-corrected chi connectivity index (χ1v) is 8.04. The maximum absolute atomic E-state index is 4.82. The summed E-state index contributed by atoms with van der Waals surface area (Å²) in [6.07, 6.45) is 2.07. The number of hydrogen-bond acceptors (Lipinski definition) is 3. The van der Waals surface area contributed by atoms with Gasteiger partial charge in [0.25, 0.3) is 0 Å². The Morgan fingerprint density at radius 1 is 1.05 bits per heavy atom. The molecule has 3 aromatic heterocycles. The third-order valence-electron chi connectivity index (χ3n) is 3.57. The molecule has 0 amide bonds. The monoisotopic (exact) mass is 305 g/mol. The van der Waals surface area contributed by atoms with Gasteiger partial charge in [0.1, 0.15) is 17.2 Å². The van der Waals surface area contributed by atoms with Gasteiger partial charge in [-0.05, 0) is 48.2 Å². The Kier molecular flexibility index (Phi) is 3.16. The smallest absolute Gasteiger partial charge is 0.144 e. The van der Waals surface area contributed by atoms with Gasteiger partial charge in [-0.2, -0.15) is 0 Å². The van der Waals surface area contributed by atoms with E-state index >= 15 is 0 Å². The van der Waals surface area contributed by atoms with E-state index in [1.165, 1.54) is 10.4 Å². The summed E-state index contributed by atoms with van der Waals surface area (Å²) >= 11 is 1.70. The average molecular weight is 305 g/mol. The molecule has 3 nitrogen and oxygen atoms in total. The van der Waals surface area contributed by atoms with Gasteiger partial charge in [-0.15, -0.1) is 11.3 Å². The van der Waals surface area contributed by atoms with Crippen LogP contribution in [0.4, 0.5) is 11.5 Å². The molecular formula is C18H15N3S. The van der Waals surface area contributed by atoms with Crippen LogP contribution in [-0.2, 0) is 0 Å². The molecule has 22 heavy (non-hydrogen) atoms. The Morgan fingerprint density at radius 3 is 2.68 bits per heavy atom. The average Bonchev–Trinajstić information content (AvgIpc) is 3.16. The minimum atomic E-state index is 0.960. The van der Waals surface area contributed by atoms with Crippen LogP contribution in [0.3, 0.4) is 0 Å². The normalized spacial score (nSPS) is 11.0. The van der Waals surface area contributed by atoms with Crippen molar-refractivity contribution in [3.8, 4) is 10.6 Å². The second-order valence-corrected chi connectivity index (χ2v) is 6.16. The molecule has 0 spiro atoms. The van der Waals surface area contributed by atoms with Crippen molar-refractivity contribution in [1.82, 2.24) is 9.38 Å². The second kappa shape index (κ2) is 5.31. The summed E-state index contributed by atoms with van der Waals surface area (Å²) in [4.78, 5) is 5.99. The molecule has 0 unspecified atom stereocenters. The van der Waals surface area contributed by atoms with E-state index < -0.39 is 0 Å². The molecule has 4 rings (SSSR count). The summed E-state index contributed by atoms with van der Waals surface area (Å²) in [5.74, 6) is 1.00. The van der Waals surface area contributed by atoms with Gasteiger partial charge in [0.15, 0.2) is 0 Å². The number of para-hydroxylation sites is 1. The number of benzene rings is 1. The summed E-state index contributed by atoms with van der Waals surface area (Å²) in [5, 5.41) is 5.59. The summed E-state index contributed by atoms with van der Waals surface area (Å²) in [6.45, 7) is 2.09. The number of pyridine rings is 1. The zero-order valence-electron chi connectivity index (χ0n) is 12.2. The zero-order valence-corrected chi connectivity index (χ0v) is 13.0. The zero-order chi connectivity index (χ0) is 14.9. The first-order chi connectivity index (χ1) is 10.8. The number of aryl methyl sites for hydroxylation is 1. The number of aromatic nitrogens is 2. The van der Waals surface area contributed by atoms with Crippen LogP contribution in [0.5, 0.6) is 0 Å². The second-order valence-electron chi connectivity index (χ2n) is 5.21. The number of imidazole rings is 1. The van der Waals surface area contributed by atoms with Crippen molar-refractivity contribution >= 4 is 28.5 Å². The molecule has 1 N–H and O–H groups in total. The SMILES string of the molecule is Cc1ccn2c(Nc3ccccc3)c(-c3cccs3)nc2c1. The fraction of sp³-hybridized carbons (Fsp3) is 0.0556. The van der Waals surface area contributed by atoms with Gasteiger partial charge in [0.05, 0.1) is 4.88 Å². The lowest BCUT2D eigenvalue weighted by molar-refractivity contribution is 1.17. The minimum Gasteiger partial charge on any atom is -0.339 e. The lowest BCUT2D eigenvalue weighted by atomic mass is 10.3. The van der Waals surface area contributed by atoms with Crippen LogP contribution in [0.25, 0.3) is 16.2 Å². The molecular weight excluding hydrogens is 290 g/mol. The maximum Gasteiger partial charge on any atom is 0.144 e. The van der Waals surface area contributed by atoms with Gasteiger partial charge in [0, 0.05) is 11.9 Å². The van der Waals surface area contributed by atoms with E-state index in [2.05, 4.69) is 64.6 Å². The fourth-order valence-electron chi connectivity index (χ4n) is 2.51. The van der Waals surface area contributed by atoms with Gasteiger partial charge >= 0.3 is 0 Å². The van der Waals surface area contributed by atoms with Crippen LogP contribution >= 0.6 is 11.3 Å². The van der Waals surface area contributed by atoms with Gasteiger partial charge in [-0.1, -0.05) is 24.3 Å². The Bertz CT molecular complexity index is 908. The molecule has 0 fully saturated rings. The van der Waals surface area contributed by atoms with Crippen molar-refractivity contribution in [3.05, 3.63) is 71.7 Å². The molecule has 0 atom stereocenters. The standard InChI is InChI=1S/C18H15N3S/c1-13-9-10-21-16(12-13)20-17(15-8-5-11-22-15)18(21)19-14-6-3-2-4-7-14/h2-12,19H,1H3. The Balaban J connectivity index is 1.92. The highest BCUT2D eigenvalue weighted by Gasteiger charge is 2.15. The van der Waals surface area contributed by atoms with Crippen LogP contribution in [0, 0.1) is 6.92 Å². The van der Waals surface area contributed by atoms with Crippen molar-refractivity contribution in [1.29, 1.82) is 0 Å². The lowest BCUT2D eigenvalue weighted by Crippen LogP contribution is -1.96. The molecule has 0 saturated carbocycles. The summed E-state index contributed by atoms with van der Waals surface area (Å²) in [7, 11) is 0. The molecule has 108 valence electrons. The van der Waals surface area contributed by atoms with E-state index in [-0.39, 0.29) is 0 Å². The Labute approximate surface area is 132 Å². The lowest BCUT2D eigenvalue weighted by Gasteiger charge is -2.08. The number of thiophene rings is 1. The molecule has 4 heteroatoms. The van der Waals surface area contributed by atoms with Gasteiger partial charge < -0.3 is 5.32 Å². The van der Waals surface area contributed by atoms with Crippen molar-refractivity contribution in [3.63, 3.8) is 0 Å². The predicted octanol–water partition coefficient (Wildman–Crippen LogP) is 5.11. The van der Waals surface area contributed by atoms with Crippen LogP contribution < -0.4 is 5.32 Å². The summed E-state index contributed by atoms with van der Waals surface area (Å²) < 4.78 is 2.11. The highest BCUT2D eigenvalue weighted by Crippen LogP contribution is 2.33. The first-order valence-electron chi connectivity index (χ1n) is 7.16. The number of nitrogens with one attached hydrogen (secondary N) is 1. The number of anilines is 2. The van der Waals surface area contributed by atoms with Crippen LogP contribution in [-0.4, -0.2) is 9.38 Å². The van der Waals surface area contributed by atoms with Crippen LogP contribution in [0.1, 0.15) is 5.56 Å². The van der Waals surface area contributed by atoms with E-state index in [0.29, 0.717) is 0 Å². The molecule has 4 aromatic rings. The highest BCUT2D eigenvalue weighted by molar-refractivity contribution is 7.13. The number of rotatable bonds is 3. The maximum atomic E-state index is 4.82. The molecule has 0 aliphatic heterocycles. The predicted molar refractivity (Wildman–Crippen MR) is 93.0 cm³/mol. The van der Waals surface area contributed by atoms with Gasteiger partial charge in [0.2, 0.25) is 0 Å². The van der Waals surface area contributed by atoms with Crippen molar-refractivity contribution in [2.45, 2.75) is 6.92 Å². The molecule has 0 saturated heterocycles. The van der Waals surface area contributed by atoms with E-state index in [9.17, 15) is 0 Å². The molecule has 0 bridgehead atoms. The highest BCUT2D eigenvalue weighted by atomic mass is 32.1. The molecule has 3 heterocycles. The Morgan fingerprint density at radius 2 is 1.91 bits per heavy atom. The van der Waals surface area contributed by atoms with E-state index in [1.54, 1.807) is 11.3 Å². The molecule has 0 radical (unpaired) electrons. The third kappa shape index (κ3) is 2.27. The number of fused-ring (bicyclic) bond motifs is 1. The first kappa shape index (κ1) is 13.1. The van der Waals surface area contributed by atoms with Crippen LogP contribution in [0.15, 0.2) is 66.2 Å². The van der Waals surface area contributed by atoms with E-state index in [1.807, 2.05) is 18.2 Å². The fourth-order valence-corrected chi connectivity index (χ4v) is 3.22. The van der Waals surface area contributed by atoms with E-state index in [0.717, 1.165) is 22.8 Å². The van der Waals surface area contributed by atoms with Gasteiger partial charge in [-0.25, -0.2) is 4.98 Å². The van der Waals surface area contributed by atoms with Crippen molar-refractivity contribution < 1.29 is 0 Å². The topological polar surface area (TPSA) is 29.3 Å². The Hall–Kier alpha value is -2.59. The van der Waals surface area contributed by atoms with Gasteiger partial charge in [-0.3, -0.25) is 4.40 Å².